The summed E-state index contributed by atoms with van der Waals surface area (Å²) < 4.78 is 9.74. The highest BCUT2D eigenvalue weighted by Crippen LogP contribution is 2.23. The van der Waals surface area contributed by atoms with Gasteiger partial charge in [0.05, 0.1) is 26.2 Å². The van der Waals surface area contributed by atoms with Crippen molar-refractivity contribution in [3.05, 3.63) is 0 Å². The van der Waals surface area contributed by atoms with E-state index in [2.05, 4.69) is 5.32 Å². The predicted octanol–water partition coefficient (Wildman–Crippen LogP) is -0.122. The number of hydrogen-bond acceptors (Lipinski definition) is 5. The van der Waals surface area contributed by atoms with Gasteiger partial charge in [-0.1, -0.05) is 6.92 Å². The van der Waals surface area contributed by atoms with E-state index in [4.69, 9.17) is 9.47 Å². The average Bonchev–Trinajstić information content (AvgIpc) is 2.69. The van der Waals surface area contributed by atoms with E-state index in [0.717, 1.165) is 6.54 Å². The van der Waals surface area contributed by atoms with Gasteiger partial charge < -0.3 is 14.8 Å². The highest BCUT2D eigenvalue weighted by molar-refractivity contribution is 5.79. The molecule has 1 aliphatic rings. The molecular formula is C13H24N2O4. The maximum Gasteiger partial charge on any atom is 0.310 e. The van der Waals surface area contributed by atoms with E-state index in [0.29, 0.717) is 19.7 Å². The minimum atomic E-state index is -0.192. The molecule has 6 heteroatoms. The van der Waals surface area contributed by atoms with Crippen molar-refractivity contribution in [1.82, 2.24) is 10.2 Å². The van der Waals surface area contributed by atoms with Gasteiger partial charge in [-0.2, -0.15) is 0 Å². The van der Waals surface area contributed by atoms with E-state index in [1.807, 2.05) is 18.7 Å². The molecule has 0 aliphatic carbocycles. The number of esters is 1. The Labute approximate surface area is 114 Å². The van der Waals surface area contributed by atoms with E-state index in [1.54, 1.807) is 7.11 Å². The Morgan fingerprint density at radius 1 is 1.37 bits per heavy atom. The second-order valence-corrected chi connectivity index (χ2v) is 5.22. The molecule has 19 heavy (non-hydrogen) atoms. The van der Waals surface area contributed by atoms with Crippen molar-refractivity contribution in [2.24, 2.45) is 11.8 Å². The predicted molar refractivity (Wildman–Crippen MR) is 70.6 cm³/mol. The Balaban J connectivity index is 2.38. The Morgan fingerprint density at radius 2 is 2.05 bits per heavy atom. The number of carbonyl (C=O) groups excluding carboxylic acids is 2. The molecular weight excluding hydrogens is 248 g/mol. The Hall–Kier alpha value is -1.14. The van der Waals surface area contributed by atoms with Gasteiger partial charge in [0.25, 0.3) is 0 Å². The first-order valence-electron chi connectivity index (χ1n) is 6.56. The van der Waals surface area contributed by atoms with Gasteiger partial charge in [0.15, 0.2) is 0 Å². The third kappa shape index (κ3) is 4.80. The van der Waals surface area contributed by atoms with Crippen molar-refractivity contribution in [3.8, 4) is 0 Å². The summed E-state index contributed by atoms with van der Waals surface area (Å²) >= 11 is 0. The zero-order valence-corrected chi connectivity index (χ0v) is 12.1. The van der Waals surface area contributed by atoms with Crippen LogP contribution in [0.2, 0.25) is 0 Å². The first-order chi connectivity index (χ1) is 8.97. The fourth-order valence-electron chi connectivity index (χ4n) is 2.47. The fraction of sp³-hybridized carbons (Fsp3) is 0.846. The molecule has 0 radical (unpaired) electrons. The van der Waals surface area contributed by atoms with Gasteiger partial charge in [-0.3, -0.25) is 14.5 Å². The molecule has 0 spiro atoms. The maximum absolute atomic E-state index is 11.8. The summed E-state index contributed by atoms with van der Waals surface area (Å²) in [6.45, 7) is 6.03. The fourth-order valence-corrected chi connectivity index (χ4v) is 2.47. The van der Waals surface area contributed by atoms with Crippen LogP contribution < -0.4 is 5.32 Å². The van der Waals surface area contributed by atoms with Crippen LogP contribution in [0.15, 0.2) is 0 Å². The molecule has 0 aromatic heterocycles. The molecule has 110 valence electrons. The van der Waals surface area contributed by atoms with Crippen LogP contribution in [-0.4, -0.2) is 63.3 Å². The van der Waals surface area contributed by atoms with Gasteiger partial charge in [-0.25, -0.2) is 0 Å². The molecule has 0 bridgehead atoms. The lowest BCUT2D eigenvalue weighted by Gasteiger charge is -2.17. The first-order valence-corrected chi connectivity index (χ1v) is 6.56. The van der Waals surface area contributed by atoms with E-state index in [-0.39, 0.29) is 29.8 Å². The van der Waals surface area contributed by atoms with Crippen LogP contribution in [0.3, 0.4) is 0 Å². The zero-order chi connectivity index (χ0) is 14.4. The molecule has 1 N–H and O–H groups in total. The molecule has 3 atom stereocenters. The summed E-state index contributed by atoms with van der Waals surface area (Å²) in [5, 5.41) is 2.86. The van der Waals surface area contributed by atoms with Crippen molar-refractivity contribution in [2.75, 3.05) is 40.5 Å². The van der Waals surface area contributed by atoms with Crippen LogP contribution >= 0.6 is 0 Å². The van der Waals surface area contributed by atoms with Crippen molar-refractivity contribution >= 4 is 11.9 Å². The lowest BCUT2D eigenvalue weighted by Crippen LogP contribution is -2.42. The van der Waals surface area contributed by atoms with Crippen LogP contribution in [0.1, 0.15) is 13.8 Å². The van der Waals surface area contributed by atoms with Crippen LogP contribution in [0.25, 0.3) is 0 Å². The summed E-state index contributed by atoms with van der Waals surface area (Å²) in [4.78, 5) is 25.4. The summed E-state index contributed by atoms with van der Waals surface area (Å²) in [5.41, 5.74) is 0. The first kappa shape index (κ1) is 15.9. The number of hydrogen-bond donors (Lipinski definition) is 1. The lowest BCUT2D eigenvalue weighted by atomic mass is 9.99. The molecule has 1 heterocycles. The van der Waals surface area contributed by atoms with Crippen LogP contribution in [-0.2, 0) is 19.1 Å². The highest BCUT2D eigenvalue weighted by Gasteiger charge is 2.36. The maximum atomic E-state index is 11.8. The van der Waals surface area contributed by atoms with Gasteiger partial charge in [0.1, 0.15) is 0 Å². The quantitative estimate of drug-likeness (QED) is 0.683. The monoisotopic (exact) mass is 272 g/mol. The summed E-state index contributed by atoms with van der Waals surface area (Å²) in [6, 6.07) is -0.00562. The van der Waals surface area contributed by atoms with E-state index >= 15 is 0 Å². The molecule has 1 aliphatic heterocycles. The topological polar surface area (TPSA) is 67.9 Å². The van der Waals surface area contributed by atoms with Crippen molar-refractivity contribution in [1.29, 1.82) is 0 Å². The number of ether oxygens (including phenoxy) is 2. The minimum Gasteiger partial charge on any atom is -0.469 e. The van der Waals surface area contributed by atoms with Gasteiger partial charge >= 0.3 is 5.97 Å². The number of methoxy groups -OCH3 is 2. The largest absolute Gasteiger partial charge is 0.469 e. The normalized spacial score (nSPS) is 25.1. The standard InChI is InChI=1S/C13H24N2O4/c1-9-5-15(6-11(9)13(17)19-4)7-12(16)14-10(2)8-18-3/h9-11H,5-8H2,1-4H3,(H,14,16). The van der Waals surface area contributed by atoms with Crippen LogP contribution in [0.5, 0.6) is 0 Å². The van der Waals surface area contributed by atoms with Gasteiger partial charge in [-0.05, 0) is 12.8 Å². The van der Waals surface area contributed by atoms with Crippen molar-refractivity contribution < 1.29 is 19.1 Å². The lowest BCUT2D eigenvalue weighted by molar-refractivity contribution is -0.146. The zero-order valence-electron chi connectivity index (χ0n) is 12.1. The molecule has 6 nitrogen and oxygen atoms in total. The number of nitrogens with zero attached hydrogens (tertiary/aromatic N) is 1. The minimum absolute atomic E-state index is 0.00562. The van der Waals surface area contributed by atoms with Crippen LogP contribution in [0.4, 0.5) is 0 Å². The summed E-state index contributed by atoms with van der Waals surface area (Å²) in [5.74, 6) is -0.142. The van der Waals surface area contributed by atoms with E-state index in [1.165, 1.54) is 7.11 Å². The second kappa shape index (κ2) is 7.45. The highest BCUT2D eigenvalue weighted by atomic mass is 16.5. The Kier molecular flexibility index (Phi) is 6.24. The van der Waals surface area contributed by atoms with E-state index < -0.39 is 0 Å². The molecule has 1 saturated heterocycles. The Bertz CT molecular complexity index is 322. The van der Waals surface area contributed by atoms with E-state index in [9.17, 15) is 9.59 Å². The van der Waals surface area contributed by atoms with Gasteiger partial charge in [0, 0.05) is 26.2 Å². The molecule has 1 fully saturated rings. The van der Waals surface area contributed by atoms with Gasteiger partial charge in [-0.15, -0.1) is 0 Å². The molecule has 1 rings (SSSR count). The third-order valence-electron chi connectivity index (χ3n) is 3.38. The molecule has 0 saturated carbocycles. The number of amides is 1. The number of likely N-dealkylation sites (tertiary alicyclic amines) is 1. The van der Waals surface area contributed by atoms with Crippen LogP contribution in [0, 0.1) is 11.8 Å². The smallest absolute Gasteiger partial charge is 0.310 e. The number of nitrogens with one attached hydrogen (secondary N) is 1. The molecule has 0 aromatic carbocycles. The van der Waals surface area contributed by atoms with Crippen molar-refractivity contribution in [2.45, 2.75) is 19.9 Å². The van der Waals surface area contributed by atoms with Gasteiger partial charge in [0.2, 0.25) is 5.91 Å². The molecule has 1 amide bonds. The SMILES string of the molecule is COCC(C)NC(=O)CN1CC(C)C(C(=O)OC)C1. The third-order valence-corrected chi connectivity index (χ3v) is 3.38. The number of rotatable bonds is 6. The molecule has 3 unspecified atom stereocenters. The molecule has 0 aromatic rings. The summed E-state index contributed by atoms with van der Waals surface area (Å²) in [6.07, 6.45) is 0. The number of carbonyl (C=O) groups is 2. The average molecular weight is 272 g/mol. The Morgan fingerprint density at radius 3 is 2.63 bits per heavy atom. The van der Waals surface area contributed by atoms with Crippen molar-refractivity contribution in [3.63, 3.8) is 0 Å². The second-order valence-electron chi connectivity index (χ2n) is 5.22. The summed E-state index contributed by atoms with van der Waals surface area (Å²) in [7, 11) is 3.00.